The summed E-state index contributed by atoms with van der Waals surface area (Å²) in [7, 11) is 0. The maximum atomic E-state index is 4.61. The van der Waals surface area contributed by atoms with E-state index in [1.54, 1.807) is 0 Å². The number of hydrogen-bond donors (Lipinski definition) is 1. The van der Waals surface area contributed by atoms with Crippen LogP contribution in [0.25, 0.3) is 10.9 Å². The molecule has 20 heavy (non-hydrogen) atoms. The van der Waals surface area contributed by atoms with E-state index >= 15 is 0 Å². The third kappa shape index (κ3) is 3.18. The second kappa shape index (κ2) is 6.36. The first-order valence-electron chi connectivity index (χ1n) is 7.89. The SMILES string of the molecule is Cc1cc(CNCC2CCCCC2)c2ccccc2n1. The average Bonchev–Trinajstić information content (AvgIpc) is 2.48. The monoisotopic (exact) mass is 268 g/mol. The van der Waals surface area contributed by atoms with Crippen LogP contribution in [0.2, 0.25) is 0 Å². The van der Waals surface area contributed by atoms with Gasteiger partial charge in [0, 0.05) is 17.6 Å². The standard InChI is InChI=1S/C18H24N2/c1-14-11-16(17-9-5-6-10-18(17)20-14)13-19-12-15-7-3-2-4-8-15/h5-6,9-11,15,19H,2-4,7-8,12-13H2,1H3. The van der Waals surface area contributed by atoms with Crippen LogP contribution in [0.5, 0.6) is 0 Å². The van der Waals surface area contributed by atoms with Gasteiger partial charge in [0.05, 0.1) is 5.52 Å². The second-order valence-corrected chi connectivity index (χ2v) is 6.07. The molecule has 1 aromatic heterocycles. The van der Waals surface area contributed by atoms with Crippen LogP contribution in [0.4, 0.5) is 0 Å². The number of hydrogen-bond acceptors (Lipinski definition) is 2. The van der Waals surface area contributed by atoms with Crippen molar-refractivity contribution in [1.82, 2.24) is 10.3 Å². The van der Waals surface area contributed by atoms with Gasteiger partial charge in [0.2, 0.25) is 0 Å². The van der Waals surface area contributed by atoms with Crippen molar-refractivity contribution in [3.8, 4) is 0 Å². The Bertz CT molecular complexity index is 571. The fourth-order valence-electron chi connectivity index (χ4n) is 3.34. The zero-order chi connectivity index (χ0) is 13.8. The third-order valence-electron chi connectivity index (χ3n) is 4.40. The second-order valence-electron chi connectivity index (χ2n) is 6.07. The quantitative estimate of drug-likeness (QED) is 0.898. The number of rotatable bonds is 4. The van der Waals surface area contributed by atoms with E-state index in [0.29, 0.717) is 0 Å². The van der Waals surface area contributed by atoms with Crippen LogP contribution in [0.15, 0.2) is 30.3 Å². The molecular formula is C18H24N2. The molecule has 1 aromatic carbocycles. The summed E-state index contributed by atoms with van der Waals surface area (Å²) in [5, 5.41) is 4.95. The van der Waals surface area contributed by atoms with Crippen molar-refractivity contribution >= 4 is 10.9 Å². The van der Waals surface area contributed by atoms with Crippen LogP contribution >= 0.6 is 0 Å². The Morgan fingerprint density at radius 3 is 2.80 bits per heavy atom. The van der Waals surface area contributed by atoms with Gasteiger partial charge in [-0.25, -0.2) is 0 Å². The van der Waals surface area contributed by atoms with Crippen molar-refractivity contribution in [2.75, 3.05) is 6.54 Å². The summed E-state index contributed by atoms with van der Waals surface area (Å²) in [4.78, 5) is 4.61. The van der Waals surface area contributed by atoms with Crippen LogP contribution in [-0.4, -0.2) is 11.5 Å². The van der Waals surface area contributed by atoms with Crippen molar-refractivity contribution in [2.45, 2.75) is 45.6 Å². The third-order valence-corrected chi connectivity index (χ3v) is 4.40. The zero-order valence-corrected chi connectivity index (χ0v) is 12.4. The van der Waals surface area contributed by atoms with E-state index in [1.165, 1.54) is 43.1 Å². The molecule has 1 heterocycles. The van der Waals surface area contributed by atoms with Gasteiger partial charge < -0.3 is 5.32 Å². The first-order chi connectivity index (χ1) is 9.83. The van der Waals surface area contributed by atoms with E-state index in [-0.39, 0.29) is 0 Å². The fourth-order valence-corrected chi connectivity index (χ4v) is 3.34. The van der Waals surface area contributed by atoms with Crippen LogP contribution < -0.4 is 5.32 Å². The van der Waals surface area contributed by atoms with Crippen molar-refractivity contribution in [3.05, 3.63) is 41.6 Å². The Balaban J connectivity index is 1.67. The summed E-state index contributed by atoms with van der Waals surface area (Å²) in [6.07, 6.45) is 7.09. The van der Waals surface area contributed by atoms with Crippen LogP contribution in [-0.2, 0) is 6.54 Å². The minimum Gasteiger partial charge on any atom is -0.312 e. The number of aromatic nitrogens is 1. The summed E-state index contributed by atoms with van der Waals surface area (Å²) in [6, 6.07) is 10.7. The van der Waals surface area contributed by atoms with Crippen LogP contribution in [0, 0.1) is 12.8 Å². The molecule has 0 atom stereocenters. The number of nitrogens with zero attached hydrogens (tertiary/aromatic N) is 1. The lowest BCUT2D eigenvalue weighted by Crippen LogP contribution is -2.24. The highest BCUT2D eigenvalue weighted by Gasteiger charge is 2.12. The summed E-state index contributed by atoms with van der Waals surface area (Å²) in [5.74, 6) is 0.887. The Morgan fingerprint density at radius 1 is 1.15 bits per heavy atom. The highest BCUT2D eigenvalue weighted by molar-refractivity contribution is 5.82. The molecule has 0 saturated heterocycles. The molecule has 2 nitrogen and oxygen atoms in total. The number of pyridine rings is 1. The van der Waals surface area contributed by atoms with E-state index in [2.05, 4.69) is 47.6 Å². The smallest absolute Gasteiger partial charge is 0.0708 e. The largest absolute Gasteiger partial charge is 0.312 e. The van der Waals surface area contributed by atoms with Gasteiger partial charge in [-0.05, 0) is 49.9 Å². The summed E-state index contributed by atoms with van der Waals surface area (Å²) in [6.45, 7) is 4.20. The van der Waals surface area contributed by atoms with Crippen molar-refractivity contribution in [3.63, 3.8) is 0 Å². The lowest BCUT2D eigenvalue weighted by molar-refractivity contribution is 0.342. The fraction of sp³-hybridized carbons (Fsp3) is 0.500. The van der Waals surface area contributed by atoms with Gasteiger partial charge in [0.25, 0.3) is 0 Å². The molecule has 0 bridgehead atoms. The molecule has 0 aliphatic heterocycles. The molecule has 0 amide bonds. The maximum absolute atomic E-state index is 4.61. The molecule has 1 N–H and O–H groups in total. The minimum atomic E-state index is 0.887. The van der Waals surface area contributed by atoms with E-state index < -0.39 is 0 Å². The molecule has 2 heteroatoms. The van der Waals surface area contributed by atoms with E-state index in [0.717, 1.165) is 30.2 Å². The molecule has 1 fully saturated rings. The Kier molecular flexibility index (Phi) is 4.31. The first-order valence-corrected chi connectivity index (χ1v) is 7.89. The number of para-hydroxylation sites is 1. The van der Waals surface area contributed by atoms with Crippen molar-refractivity contribution in [2.24, 2.45) is 5.92 Å². The predicted octanol–water partition coefficient (Wildman–Crippen LogP) is 4.21. The Morgan fingerprint density at radius 2 is 1.95 bits per heavy atom. The predicted molar refractivity (Wildman–Crippen MR) is 84.8 cm³/mol. The number of aryl methyl sites for hydroxylation is 1. The van der Waals surface area contributed by atoms with Crippen LogP contribution in [0.3, 0.4) is 0 Å². The first kappa shape index (κ1) is 13.6. The molecule has 106 valence electrons. The number of fused-ring (bicyclic) bond motifs is 1. The van der Waals surface area contributed by atoms with Gasteiger partial charge in [-0.2, -0.15) is 0 Å². The zero-order valence-electron chi connectivity index (χ0n) is 12.4. The van der Waals surface area contributed by atoms with Gasteiger partial charge in [-0.3, -0.25) is 4.98 Å². The number of nitrogens with one attached hydrogen (secondary N) is 1. The summed E-state index contributed by atoms with van der Waals surface area (Å²) >= 11 is 0. The Hall–Kier alpha value is -1.41. The lowest BCUT2D eigenvalue weighted by Gasteiger charge is -2.22. The molecule has 1 saturated carbocycles. The van der Waals surface area contributed by atoms with E-state index in [1.807, 2.05) is 0 Å². The van der Waals surface area contributed by atoms with Crippen molar-refractivity contribution < 1.29 is 0 Å². The molecule has 0 radical (unpaired) electrons. The highest BCUT2D eigenvalue weighted by atomic mass is 14.9. The molecule has 2 aromatic rings. The van der Waals surface area contributed by atoms with Gasteiger partial charge in [0.1, 0.15) is 0 Å². The minimum absolute atomic E-state index is 0.887. The van der Waals surface area contributed by atoms with Gasteiger partial charge in [-0.1, -0.05) is 37.5 Å². The maximum Gasteiger partial charge on any atom is 0.0708 e. The van der Waals surface area contributed by atoms with E-state index in [9.17, 15) is 0 Å². The highest BCUT2D eigenvalue weighted by Crippen LogP contribution is 2.23. The van der Waals surface area contributed by atoms with Gasteiger partial charge >= 0.3 is 0 Å². The molecule has 0 spiro atoms. The van der Waals surface area contributed by atoms with Gasteiger partial charge in [0.15, 0.2) is 0 Å². The van der Waals surface area contributed by atoms with Crippen LogP contribution in [0.1, 0.15) is 43.4 Å². The molecule has 3 rings (SSSR count). The van der Waals surface area contributed by atoms with Gasteiger partial charge in [-0.15, -0.1) is 0 Å². The molecule has 1 aliphatic carbocycles. The van der Waals surface area contributed by atoms with E-state index in [4.69, 9.17) is 0 Å². The topological polar surface area (TPSA) is 24.9 Å². The Labute approximate surface area is 121 Å². The molecule has 0 unspecified atom stereocenters. The normalized spacial score (nSPS) is 16.6. The summed E-state index contributed by atoms with van der Waals surface area (Å²) in [5.41, 5.74) is 3.60. The number of benzene rings is 1. The lowest BCUT2D eigenvalue weighted by atomic mass is 9.89. The molecule has 1 aliphatic rings. The average molecular weight is 268 g/mol. The molecular weight excluding hydrogens is 244 g/mol. The summed E-state index contributed by atoms with van der Waals surface area (Å²) < 4.78 is 0. The van der Waals surface area contributed by atoms with Crippen molar-refractivity contribution in [1.29, 1.82) is 0 Å².